The number of likely N-dealkylation sites (N-methyl/N-ethyl adjacent to an activating group) is 1. The Morgan fingerprint density at radius 1 is 1.56 bits per heavy atom. The maximum absolute atomic E-state index is 11.0. The van der Waals surface area contributed by atoms with Crippen molar-refractivity contribution in [2.75, 3.05) is 14.2 Å². The highest BCUT2D eigenvalue weighted by Gasteiger charge is 2.10. The van der Waals surface area contributed by atoms with Crippen LogP contribution in [0.2, 0.25) is 5.02 Å². The molecule has 0 radical (unpaired) electrons. The molecule has 1 aromatic rings. The van der Waals surface area contributed by atoms with Crippen LogP contribution in [0.5, 0.6) is 5.75 Å². The SMILES string of the molecule is COc1ccc(CN(C)C(=O)C=O)c(Cl)c1. The van der Waals surface area contributed by atoms with Gasteiger partial charge in [-0.1, -0.05) is 17.7 Å². The molecule has 16 heavy (non-hydrogen) atoms. The molecular formula is C11H12ClNO3. The van der Waals surface area contributed by atoms with E-state index in [4.69, 9.17) is 16.3 Å². The van der Waals surface area contributed by atoms with Crippen LogP contribution in [0.4, 0.5) is 0 Å². The summed E-state index contributed by atoms with van der Waals surface area (Å²) in [5.74, 6) is 0.0741. The molecule has 1 rings (SSSR count). The zero-order chi connectivity index (χ0) is 12.1. The fourth-order valence-electron chi connectivity index (χ4n) is 1.21. The number of hydrogen-bond acceptors (Lipinski definition) is 3. The molecule has 4 nitrogen and oxygen atoms in total. The standard InChI is InChI=1S/C11H12ClNO3/c1-13(11(15)7-14)6-8-3-4-9(16-2)5-10(8)12/h3-5,7H,6H2,1-2H3. The zero-order valence-corrected chi connectivity index (χ0v) is 9.82. The molecule has 0 atom stereocenters. The van der Waals surface area contributed by atoms with Crippen molar-refractivity contribution in [3.05, 3.63) is 28.8 Å². The van der Waals surface area contributed by atoms with Crippen molar-refractivity contribution in [3.63, 3.8) is 0 Å². The first-order valence-corrected chi connectivity index (χ1v) is 4.99. The number of nitrogens with zero attached hydrogens (tertiary/aromatic N) is 1. The maximum atomic E-state index is 11.0. The van der Waals surface area contributed by atoms with Gasteiger partial charge in [0.15, 0.2) is 0 Å². The van der Waals surface area contributed by atoms with Crippen molar-refractivity contribution in [1.29, 1.82) is 0 Å². The number of benzene rings is 1. The molecule has 0 saturated carbocycles. The summed E-state index contributed by atoms with van der Waals surface area (Å²) in [5, 5.41) is 0.505. The number of carbonyl (C=O) groups excluding carboxylic acids is 2. The van der Waals surface area contributed by atoms with Gasteiger partial charge in [-0.05, 0) is 17.7 Å². The van der Waals surface area contributed by atoms with Crippen molar-refractivity contribution in [1.82, 2.24) is 4.90 Å². The van der Waals surface area contributed by atoms with Gasteiger partial charge < -0.3 is 9.64 Å². The molecule has 86 valence electrons. The topological polar surface area (TPSA) is 46.6 Å². The van der Waals surface area contributed by atoms with Crippen LogP contribution >= 0.6 is 11.6 Å². The minimum Gasteiger partial charge on any atom is -0.497 e. The Balaban J connectivity index is 2.81. The van der Waals surface area contributed by atoms with Gasteiger partial charge in [-0.25, -0.2) is 0 Å². The molecule has 5 heteroatoms. The third-order valence-corrected chi connectivity index (χ3v) is 2.50. The fourth-order valence-corrected chi connectivity index (χ4v) is 1.44. The first kappa shape index (κ1) is 12.5. The van der Waals surface area contributed by atoms with Crippen molar-refractivity contribution < 1.29 is 14.3 Å². The van der Waals surface area contributed by atoms with E-state index in [2.05, 4.69) is 0 Å². The number of halogens is 1. The van der Waals surface area contributed by atoms with Crippen molar-refractivity contribution >= 4 is 23.8 Å². The molecule has 0 aromatic heterocycles. The minimum atomic E-state index is -0.577. The van der Waals surface area contributed by atoms with E-state index in [1.54, 1.807) is 25.3 Å². The lowest BCUT2D eigenvalue weighted by molar-refractivity contribution is -0.138. The molecular weight excluding hydrogens is 230 g/mol. The highest BCUT2D eigenvalue weighted by atomic mass is 35.5. The summed E-state index contributed by atoms with van der Waals surface area (Å²) in [6.07, 6.45) is 0.275. The van der Waals surface area contributed by atoms with Crippen LogP contribution in [-0.4, -0.2) is 31.3 Å². The summed E-state index contributed by atoms with van der Waals surface area (Å²) in [7, 11) is 3.09. The van der Waals surface area contributed by atoms with Gasteiger partial charge in [-0.3, -0.25) is 9.59 Å². The van der Waals surface area contributed by atoms with Crippen LogP contribution in [0, 0.1) is 0 Å². The van der Waals surface area contributed by atoms with Gasteiger partial charge in [0.2, 0.25) is 6.29 Å². The van der Waals surface area contributed by atoms with E-state index in [0.29, 0.717) is 17.3 Å². The van der Waals surface area contributed by atoms with Gasteiger partial charge in [0, 0.05) is 18.6 Å². The molecule has 0 heterocycles. The molecule has 0 bridgehead atoms. The summed E-state index contributed by atoms with van der Waals surface area (Å²) in [4.78, 5) is 22.6. The predicted octanol–water partition coefficient (Wildman–Crippen LogP) is 1.51. The number of hydrogen-bond donors (Lipinski definition) is 0. The van der Waals surface area contributed by atoms with Gasteiger partial charge in [-0.2, -0.15) is 0 Å². The lowest BCUT2D eigenvalue weighted by atomic mass is 10.2. The normalized spacial score (nSPS) is 9.69. The van der Waals surface area contributed by atoms with E-state index in [9.17, 15) is 9.59 Å². The van der Waals surface area contributed by atoms with Crippen LogP contribution in [0.1, 0.15) is 5.56 Å². The van der Waals surface area contributed by atoms with Crippen LogP contribution < -0.4 is 4.74 Å². The molecule has 0 aliphatic carbocycles. The van der Waals surface area contributed by atoms with E-state index in [1.165, 1.54) is 11.9 Å². The lowest BCUT2D eigenvalue weighted by Crippen LogP contribution is -2.26. The Labute approximate surface area is 98.8 Å². The number of ether oxygens (including phenoxy) is 1. The van der Waals surface area contributed by atoms with Crippen LogP contribution in [0.25, 0.3) is 0 Å². The summed E-state index contributed by atoms with van der Waals surface area (Å²) < 4.78 is 5.00. The second-order valence-corrected chi connectivity index (χ2v) is 3.68. The Kier molecular flexibility index (Phi) is 4.31. The average Bonchev–Trinajstić information content (AvgIpc) is 2.30. The Bertz CT molecular complexity index is 406. The molecule has 0 saturated heterocycles. The van der Waals surface area contributed by atoms with E-state index in [-0.39, 0.29) is 6.29 Å². The number of carbonyl (C=O) groups is 2. The number of methoxy groups -OCH3 is 1. The van der Waals surface area contributed by atoms with Gasteiger partial charge >= 0.3 is 0 Å². The Morgan fingerprint density at radius 3 is 2.75 bits per heavy atom. The minimum absolute atomic E-state index is 0.275. The average molecular weight is 242 g/mol. The van der Waals surface area contributed by atoms with E-state index in [1.807, 2.05) is 0 Å². The number of amides is 1. The lowest BCUT2D eigenvalue weighted by Gasteiger charge is -2.15. The highest BCUT2D eigenvalue weighted by molar-refractivity contribution is 6.31. The summed E-state index contributed by atoms with van der Waals surface area (Å²) in [6.45, 7) is 0.292. The second kappa shape index (κ2) is 5.51. The quantitative estimate of drug-likeness (QED) is 0.593. The molecule has 1 amide bonds. The van der Waals surface area contributed by atoms with Crippen molar-refractivity contribution in [2.24, 2.45) is 0 Å². The smallest absolute Gasteiger partial charge is 0.286 e. The first-order valence-electron chi connectivity index (χ1n) is 4.61. The van der Waals surface area contributed by atoms with Crippen LogP contribution in [0.15, 0.2) is 18.2 Å². The van der Waals surface area contributed by atoms with Crippen LogP contribution in [0.3, 0.4) is 0 Å². The van der Waals surface area contributed by atoms with E-state index < -0.39 is 5.91 Å². The summed E-state index contributed by atoms with van der Waals surface area (Å²) >= 11 is 5.99. The highest BCUT2D eigenvalue weighted by Crippen LogP contribution is 2.23. The molecule has 0 aliphatic rings. The largest absolute Gasteiger partial charge is 0.497 e. The van der Waals surface area contributed by atoms with Gasteiger partial charge in [0.05, 0.1) is 7.11 Å². The zero-order valence-electron chi connectivity index (χ0n) is 9.07. The number of aldehydes is 1. The second-order valence-electron chi connectivity index (χ2n) is 3.27. The van der Waals surface area contributed by atoms with Crippen molar-refractivity contribution in [3.8, 4) is 5.75 Å². The molecule has 0 N–H and O–H groups in total. The third kappa shape index (κ3) is 2.97. The third-order valence-electron chi connectivity index (χ3n) is 2.14. The Hall–Kier alpha value is -1.55. The van der Waals surface area contributed by atoms with E-state index >= 15 is 0 Å². The van der Waals surface area contributed by atoms with Gasteiger partial charge in [0.1, 0.15) is 5.75 Å². The van der Waals surface area contributed by atoms with Crippen molar-refractivity contribution in [2.45, 2.75) is 6.54 Å². The van der Waals surface area contributed by atoms with Gasteiger partial charge in [-0.15, -0.1) is 0 Å². The summed E-state index contributed by atoms with van der Waals surface area (Å²) in [6, 6.07) is 5.17. The summed E-state index contributed by atoms with van der Waals surface area (Å²) in [5.41, 5.74) is 0.764. The van der Waals surface area contributed by atoms with Gasteiger partial charge in [0.25, 0.3) is 5.91 Å². The molecule has 0 unspecified atom stereocenters. The maximum Gasteiger partial charge on any atom is 0.286 e. The predicted molar refractivity (Wildman–Crippen MR) is 60.5 cm³/mol. The fraction of sp³-hybridized carbons (Fsp3) is 0.273. The molecule has 0 fully saturated rings. The molecule has 0 spiro atoms. The van der Waals surface area contributed by atoms with E-state index in [0.717, 1.165) is 5.56 Å². The monoisotopic (exact) mass is 241 g/mol. The molecule has 1 aromatic carbocycles. The Morgan fingerprint density at radius 2 is 2.25 bits per heavy atom. The number of rotatable bonds is 4. The van der Waals surface area contributed by atoms with Crippen LogP contribution in [-0.2, 0) is 16.1 Å². The molecule has 0 aliphatic heterocycles. The first-order chi connectivity index (χ1) is 7.58.